The molecule has 0 aliphatic carbocycles. The third-order valence-electron chi connectivity index (χ3n) is 6.17. The van der Waals surface area contributed by atoms with Gasteiger partial charge in [0.15, 0.2) is 0 Å². The molecule has 1 atom stereocenters. The smallest absolute Gasteiger partial charge is 0.277 e. The first kappa shape index (κ1) is 23.0. The van der Waals surface area contributed by atoms with Crippen LogP contribution >= 0.6 is 0 Å². The molecule has 0 radical (unpaired) electrons. The van der Waals surface area contributed by atoms with Crippen LogP contribution in [0.3, 0.4) is 0 Å². The first-order valence-corrected chi connectivity index (χ1v) is 11.7. The molecule has 1 unspecified atom stereocenters. The summed E-state index contributed by atoms with van der Waals surface area (Å²) in [5, 5.41) is 0. The highest BCUT2D eigenvalue weighted by atomic mass is 19.1. The number of imide groups is 1. The molecule has 0 bridgehead atoms. The molecule has 1 saturated heterocycles. The minimum absolute atomic E-state index is 0.0529. The van der Waals surface area contributed by atoms with Crippen molar-refractivity contribution >= 4 is 17.4 Å². The second-order valence-electron chi connectivity index (χ2n) is 9.25. The zero-order valence-corrected chi connectivity index (χ0v) is 19.5. The normalized spacial score (nSPS) is 19.1. The van der Waals surface area contributed by atoms with Crippen molar-refractivity contribution in [3.63, 3.8) is 0 Å². The molecule has 2 aliphatic rings. The zero-order chi connectivity index (χ0) is 23.5. The van der Waals surface area contributed by atoms with Gasteiger partial charge in [-0.2, -0.15) is 0 Å². The summed E-state index contributed by atoms with van der Waals surface area (Å²) in [5.41, 5.74) is 2.57. The fourth-order valence-electron chi connectivity index (χ4n) is 4.58. The van der Waals surface area contributed by atoms with E-state index in [-0.39, 0.29) is 30.3 Å². The second kappa shape index (κ2) is 9.77. The first-order valence-electron chi connectivity index (χ1n) is 11.7. The van der Waals surface area contributed by atoms with Gasteiger partial charge in [-0.05, 0) is 74.4 Å². The molecule has 0 N–H and O–H groups in total. The van der Waals surface area contributed by atoms with Crippen molar-refractivity contribution < 1.29 is 18.7 Å². The number of benzene rings is 2. The van der Waals surface area contributed by atoms with Gasteiger partial charge >= 0.3 is 0 Å². The Morgan fingerprint density at radius 1 is 1.03 bits per heavy atom. The van der Waals surface area contributed by atoms with Gasteiger partial charge in [-0.15, -0.1) is 0 Å². The molecule has 0 aromatic heterocycles. The average Bonchev–Trinajstić information content (AvgIpc) is 3.03. The van der Waals surface area contributed by atoms with Gasteiger partial charge in [0.05, 0.1) is 11.7 Å². The average molecular weight is 451 g/mol. The number of carbonyl (C=O) groups excluding carboxylic acids is 2. The van der Waals surface area contributed by atoms with Crippen LogP contribution in [0.15, 0.2) is 54.2 Å². The van der Waals surface area contributed by atoms with E-state index in [1.165, 1.54) is 17.0 Å². The Morgan fingerprint density at radius 2 is 1.73 bits per heavy atom. The Bertz CT molecular complexity index is 1040. The van der Waals surface area contributed by atoms with E-state index in [4.69, 9.17) is 4.74 Å². The molecule has 2 aliphatic heterocycles. The molecule has 1 fully saturated rings. The van der Waals surface area contributed by atoms with Crippen LogP contribution in [-0.4, -0.2) is 47.4 Å². The van der Waals surface area contributed by atoms with Crippen LogP contribution < -0.4 is 4.74 Å². The maximum atomic E-state index is 13.5. The molecule has 2 aromatic rings. The van der Waals surface area contributed by atoms with E-state index in [1.807, 2.05) is 38.1 Å². The predicted octanol–water partition coefficient (Wildman–Crippen LogP) is 4.67. The lowest BCUT2D eigenvalue weighted by atomic mass is 9.97. The summed E-state index contributed by atoms with van der Waals surface area (Å²) in [4.78, 5) is 30.5. The van der Waals surface area contributed by atoms with Crippen molar-refractivity contribution in [1.29, 1.82) is 0 Å². The molecular weight excluding hydrogens is 419 g/mol. The third kappa shape index (κ3) is 5.10. The highest BCUT2D eigenvalue weighted by Gasteiger charge is 2.42. The van der Waals surface area contributed by atoms with Gasteiger partial charge in [0, 0.05) is 19.6 Å². The number of rotatable bonds is 7. The lowest BCUT2D eigenvalue weighted by Crippen LogP contribution is -2.39. The SMILES string of the molecule is CC1CCCN(C2=C(c3ccc(OC(C)C)cc3)C(=O)N(CCc3ccc(F)cc3)C2=O)C1. The minimum atomic E-state index is -0.303. The summed E-state index contributed by atoms with van der Waals surface area (Å²) in [7, 11) is 0. The summed E-state index contributed by atoms with van der Waals surface area (Å²) in [6, 6.07) is 13.6. The number of amides is 2. The van der Waals surface area contributed by atoms with Crippen LogP contribution in [0, 0.1) is 11.7 Å². The van der Waals surface area contributed by atoms with Crippen molar-refractivity contribution in [2.24, 2.45) is 5.92 Å². The molecular formula is C27H31FN2O3. The van der Waals surface area contributed by atoms with Crippen molar-refractivity contribution in [2.45, 2.75) is 46.1 Å². The number of likely N-dealkylation sites (tertiary alicyclic amines) is 1. The van der Waals surface area contributed by atoms with Gasteiger partial charge in [-0.25, -0.2) is 4.39 Å². The fraction of sp³-hybridized carbons (Fsp3) is 0.407. The number of ether oxygens (including phenoxy) is 1. The van der Waals surface area contributed by atoms with Crippen LogP contribution in [0.5, 0.6) is 5.75 Å². The molecule has 2 heterocycles. The van der Waals surface area contributed by atoms with Crippen molar-refractivity contribution in [2.75, 3.05) is 19.6 Å². The lowest BCUT2D eigenvalue weighted by molar-refractivity contribution is -0.137. The van der Waals surface area contributed by atoms with Crippen LogP contribution in [-0.2, 0) is 16.0 Å². The Balaban J connectivity index is 1.63. The molecule has 2 aromatic carbocycles. The van der Waals surface area contributed by atoms with Crippen molar-refractivity contribution in [1.82, 2.24) is 9.80 Å². The maximum Gasteiger partial charge on any atom is 0.277 e. The van der Waals surface area contributed by atoms with Gasteiger partial charge in [-0.3, -0.25) is 14.5 Å². The molecule has 174 valence electrons. The summed E-state index contributed by atoms with van der Waals surface area (Å²) < 4.78 is 19.0. The number of halogens is 1. The third-order valence-corrected chi connectivity index (χ3v) is 6.17. The number of carbonyl (C=O) groups is 2. The molecule has 0 saturated carbocycles. The van der Waals surface area contributed by atoms with E-state index in [1.54, 1.807) is 12.1 Å². The number of nitrogens with zero attached hydrogens (tertiary/aromatic N) is 2. The Hall–Kier alpha value is -3.15. The van der Waals surface area contributed by atoms with Gasteiger partial charge in [0.2, 0.25) is 0 Å². The van der Waals surface area contributed by atoms with Crippen LogP contribution in [0.1, 0.15) is 44.7 Å². The Labute approximate surface area is 194 Å². The van der Waals surface area contributed by atoms with E-state index < -0.39 is 0 Å². The fourth-order valence-corrected chi connectivity index (χ4v) is 4.58. The Morgan fingerprint density at radius 3 is 2.36 bits per heavy atom. The quantitative estimate of drug-likeness (QED) is 0.576. The van der Waals surface area contributed by atoms with Crippen molar-refractivity contribution in [3.8, 4) is 5.75 Å². The first-order chi connectivity index (χ1) is 15.8. The topological polar surface area (TPSA) is 49.9 Å². The van der Waals surface area contributed by atoms with Crippen LogP contribution in [0.25, 0.3) is 5.57 Å². The predicted molar refractivity (Wildman–Crippen MR) is 126 cm³/mol. The molecule has 33 heavy (non-hydrogen) atoms. The lowest BCUT2D eigenvalue weighted by Gasteiger charge is -2.33. The standard InChI is InChI=1S/C27H31FN2O3/c1-18(2)33-23-12-8-21(9-13-23)24-25(29-15-4-5-19(3)17-29)27(32)30(26(24)31)16-14-20-6-10-22(28)11-7-20/h6-13,18-19H,4-5,14-17H2,1-3H3. The highest BCUT2D eigenvalue weighted by Crippen LogP contribution is 2.34. The van der Waals surface area contributed by atoms with Gasteiger partial charge in [0.25, 0.3) is 11.8 Å². The molecule has 0 spiro atoms. The number of hydrogen-bond donors (Lipinski definition) is 0. The second-order valence-corrected chi connectivity index (χ2v) is 9.25. The van der Waals surface area contributed by atoms with Crippen LogP contribution in [0.2, 0.25) is 0 Å². The number of hydrogen-bond acceptors (Lipinski definition) is 4. The maximum absolute atomic E-state index is 13.5. The van der Waals surface area contributed by atoms with Crippen molar-refractivity contribution in [3.05, 3.63) is 71.2 Å². The van der Waals surface area contributed by atoms with Crippen LogP contribution in [0.4, 0.5) is 4.39 Å². The monoisotopic (exact) mass is 450 g/mol. The molecule has 5 nitrogen and oxygen atoms in total. The minimum Gasteiger partial charge on any atom is -0.491 e. The zero-order valence-electron chi connectivity index (χ0n) is 19.5. The summed E-state index contributed by atoms with van der Waals surface area (Å²) in [6.07, 6.45) is 2.65. The molecule has 2 amide bonds. The van der Waals surface area contributed by atoms with E-state index >= 15 is 0 Å². The van der Waals surface area contributed by atoms with E-state index in [9.17, 15) is 14.0 Å². The summed E-state index contributed by atoms with van der Waals surface area (Å²) in [6.45, 7) is 7.89. The summed E-state index contributed by atoms with van der Waals surface area (Å²) >= 11 is 0. The highest BCUT2D eigenvalue weighted by molar-refractivity contribution is 6.35. The van der Waals surface area contributed by atoms with Gasteiger partial charge in [0.1, 0.15) is 17.3 Å². The number of piperidine rings is 1. The summed E-state index contributed by atoms with van der Waals surface area (Å²) in [5.74, 6) is 0.377. The van der Waals surface area contributed by atoms with E-state index in [0.717, 1.165) is 42.8 Å². The molecule has 6 heteroatoms. The molecule has 4 rings (SSSR count). The van der Waals surface area contributed by atoms with E-state index in [0.29, 0.717) is 23.6 Å². The van der Waals surface area contributed by atoms with Gasteiger partial charge < -0.3 is 9.64 Å². The van der Waals surface area contributed by atoms with E-state index in [2.05, 4.69) is 11.8 Å². The largest absolute Gasteiger partial charge is 0.491 e. The van der Waals surface area contributed by atoms with Gasteiger partial charge in [-0.1, -0.05) is 31.2 Å². The Kier molecular flexibility index (Phi) is 6.82.